The normalized spacial score (nSPS) is 29.6. The predicted molar refractivity (Wildman–Crippen MR) is 191 cm³/mol. The molecule has 3 aliphatic heterocycles. The van der Waals surface area contributed by atoms with Crippen molar-refractivity contribution in [1.29, 1.82) is 0 Å². The van der Waals surface area contributed by atoms with E-state index in [1.54, 1.807) is 0 Å². The Kier molecular flexibility index (Phi) is 14.7. The number of ketones is 1. The molecule has 0 saturated carbocycles. The molecule has 53 heavy (non-hydrogen) atoms. The van der Waals surface area contributed by atoms with Gasteiger partial charge in [0, 0.05) is 27.2 Å². The lowest BCUT2D eigenvalue weighted by Crippen LogP contribution is -2.61. The third kappa shape index (κ3) is 9.78. The standard InChI is InChI=1S/C38H48BrNO13/c1-23(2)26-22-51-37(44)40(26)35(43)33(46-3)30-27(42)18-29(39)38(45,53-30)16-11-17-48-34-32(50-21-25-14-9-6-10-15-25)31(28(19-41)52-36(34)47-4)49-20-24-12-7-5-8-13-24/h5-10,12-15,18,23,26,28,30-34,36,41,45H,11,16-17,19-22H2,1-4H3/t26-,28-,30-,31-,32+,33+,34+,36+,38-/m1/s1. The fraction of sp³-hybridized carbons (Fsp3) is 0.553. The number of carbonyl (C=O) groups is 3. The topological polar surface area (TPSA) is 169 Å². The largest absolute Gasteiger partial charge is 0.447 e. The summed E-state index contributed by atoms with van der Waals surface area (Å²) in [6, 6.07) is 18.6. The van der Waals surface area contributed by atoms with Crippen molar-refractivity contribution in [3.8, 4) is 0 Å². The van der Waals surface area contributed by atoms with Gasteiger partial charge in [0.1, 0.15) is 31.0 Å². The molecular weight excluding hydrogens is 758 g/mol. The summed E-state index contributed by atoms with van der Waals surface area (Å²) in [6.45, 7) is 3.83. The van der Waals surface area contributed by atoms with Crippen LogP contribution in [0.5, 0.6) is 0 Å². The van der Waals surface area contributed by atoms with Crippen LogP contribution in [0.15, 0.2) is 71.2 Å². The van der Waals surface area contributed by atoms with Gasteiger partial charge in [-0.25, -0.2) is 9.69 Å². The number of halogens is 1. The highest BCUT2D eigenvalue weighted by Crippen LogP contribution is 2.37. The van der Waals surface area contributed by atoms with E-state index in [1.807, 2.05) is 74.5 Å². The number of hydrogen-bond donors (Lipinski definition) is 2. The number of benzene rings is 2. The van der Waals surface area contributed by atoms with Crippen LogP contribution in [0.4, 0.5) is 4.79 Å². The zero-order valence-electron chi connectivity index (χ0n) is 30.2. The first-order chi connectivity index (χ1) is 25.5. The summed E-state index contributed by atoms with van der Waals surface area (Å²) in [4.78, 5) is 40.2. The number of methoxy groups -OCH3 is 2. The summed E-state index contributed by atoms with van der Waals surface area (Å²) >= 11 is 3.27. The molecular formula is C38H48BrNO13. The monoisotopic (exact) mass is 805 g/mol. The van der Waals surface area contributed by atoms with Gasteiger partial charge in [-0.2, -0.15) is 0 Å². The fourth-order valence-electron chi connectivity index (χ4n) is 6.55. The van der Waals surface area contributed by atoms with Crippen molar-refractivity contribution < 1.29 is 62.5 Å². The number of rotatable bonds is 17. The van der Waals surface area contributed by atoms with Gasteiger partial charge in [-0.3, -0.25) is 9.59 Å². The minimum absolute atomic E-state index is 0.0161. The van der Waals surface area contributed by atoms with Crippen LogP contribution in [0, 0.1) is 5.92 Å². The second kappa shape index (κ2) is 19.0. The van der Waals surface area contributed by atoms with E-state index in [2.05, 4.69) is 15.9 Å². The quantitative estimate of drug-likeness (QED) is 0.223. The Morgan fingerprint density at radius 3 is 2.15 bits per heavy atom. The number of aliphatic hydroxyl groups is 2. The molecule has 0 unspecified atom stereocenters. The average molecular weight is 807 g/mol. The van der Waals surface area contributed by atoms with Gasteiger partial charge in [0.05, 0.1) is 30.3 Å². The van der Waals surface area contributed by atoms with Crippen molar-refractivity contribution >= 4 is 33.7 Å². The molecule has 0 aromatic heterocycles. The predicted octanol–water partition coefficient (Wildman–Crippen LogP) is 3.64. The van der Waals surface area contributed by atoms with Gasteiger partial charge in [0.15, 0.2) is 30.1 Å². The number of ether oxygens (including phenoxy) is 8. The van der Waals surface area contributed by atoms with Crippen LogP contribution < -0.4 is 0 Å². The molecule has 2 amide bonds. The number of imide groups is 1. The summed E-state index contributed by atoms with van der Waals surface area (Å²) < 4.78 is 47.4. The van der Waals surface area contributed by atoms with Crippen LogP contribution in [-0.4, -0.2) is 122 Å². The maximum Gasteiger partial charge on any atom is 0.417 e. The van der Waals surface area contributed by atoms with E-state index in [4.69, 9.17) is 37.9 Å². The highest BCUT2D eigenvalue weighted by molar-refractivity contribution is 9.11. The smallest absolute Gasteiger partial charge is 0.417 e. The Bertz CT molecular complexity index is 1550. The van der Waals surface area contributed by atoms with Gasteiger partial charge < -0.3 is 48.1 Å². The zero-order valence-corrected chi connectivity index (χ0v) is 31.8. The zero-order chi connectivity index (χ0) is 38.1. The van der Waals surface area contributed by atoms with E-state index in [1.165, 1.54) is 14.2 Å². The van der Waals surface area contributed by atoms with E-state index in [-0.39, 0.29) is 56.3 Å². The Hall–Kier alpha value is -3.09. The van der Waals surface area contributed by atoms with Gasteiger partial charge in [-0.1, -0.05) is 74.5 Å². The Morgan fingerprint density at radius 2 is 1.58 bits per heavy atom. The van der Waals surface area contributed by atoms with Crippen molar-refractivity contribution in [2.75, 3.05) is 34.0 Å². The van der Waals surface area contributed by atoms with E-state index >= 15 is 0 Å². The third-order valence-corrected chi connectivity index (χ3v) is 10.3. The summed E-state index contributed by atoms with van der Waals surface area (Å²) in [5.74, 6) is -3.60. The van der Waals surface area contributed by atoms with Crippen molar-refractivity contribution in [3.05, 3.63) is 82.3 Å². The Morgan fingerprint density at radius 1 is 0.962 bits per heavy atom. The molecule has 15 heteroatoms. The molecule has 2 aromatic rings. The molecule has 2 aromatic carbocycles. The number of aliphatic hydroxyl groups excluding tert-OH is 1. The minimum Gasteiger partial charge on any atom is -0.447 e. The van der Waals surface area contributed by atoms with Crippen molar-refractivity contribution in [3.63, 3.8) is 0 Å². The van der Waals surface area contributed by atoms with Crippen LogP contribution in [0.3, 0.4) is 0 Å². The second-order valence-electron chi connectivity index (χ2n) is 13.4. The molecule has 2 fully saturated rings. The molecule has 2 N–H and O–H groups in total. The fourth-order valence-corrected chi connectivity index (χ4v) is 7.07. The molecule has 3 aliphatic rings. The molecule has 0 radical (unpaired) electrons. The Labute approximate surface area is 317 Å². The summed E-state index contributed by atoms with van der Waals surface area (Å²) in [5.41, 5.74) is 1.84. The molecule has 290 valence electrons. The number of cyclic esters (lactones) is 1. The van der Waals surface area contributed by atoms with E-state index in [0.29, 0.717) is 0 Å². The van der Waals surface area contributed by atoms with Crippen molar-refractivity contribution in [1.82, 2.24) is 4.90 Å². The second-order valence-corrected chi connectivity index (χ2v) is 14.2. The van der Waals surface area contributed by atoms with Crippen LogP contribution in [0.2, 0.25) is 0 Å². The molecule has 0 spiro atoms. The minimum atomic E-state index is -2.04. The van der Waals surface area contributed by atoms with Crippen LogP contribution in [0.25, 0.3) is 0 Å². The lowest BCUT2D eigenvalue weighted by atomic mass is 9.97. The molecule has 0 aliphatic carbocycles. The highest BCUT2D eigenvalue weighted by Gasteiger charge is 2.51. The highest BCUT2D eigenvalue weighted by atomic mass is 79.9. The van der Waals surface area contributed by atoms with Crippen LogP contribution in [0.1, 0.15) is 37.8 Å². The number of nitrogens with zero attached hydrogens (tertiary/aromatic N) is 1. The molecule has 5 rings (SSSR count). The van der Waals surface area contributed by atoms with Gasteiger partial charge in [-0.05, 0) is 45.5 Å². The van der Waals surface area contributed by atoms with Gasteiger partial charge in [0.25, 0.3) is 5.91 Å². The van der Waals surface area contributed by atoms with E-state index < -0.39 is 72.5 Å². The number of amides is 2. The van der Waals surface area contributed by atoms with Gasteiger partial charge in [0.2, 0.25) is 0 Å². The molecule has 3 heterocycles. The van der Waals surface area contributed by atoms with Gasteiger partial charge in [-0.15, -0.1) is 0 Å². The van der Waals surface area contributed by atoms with Crippen LogP contribution >= 0.6 is 15.9 Å². The number of hydrogen-bond acceptors (Lipinski definition) is 13. The molecule has 14 nitrogen and oxygen atoms in total. The first kappa shape index (κ1) is 41.1. The number of carbonyl (C=O) groups excluding carboxylic acids is 3. The summed E-state index contributed by atoms with van der Waals surface area (Å²) in [6.07, 6.45) is -6.73. The van der Waals surface area contributed by atoms with Crippen LogP contribution in [-0.2, 0) is 60.7 Å². The van der Waals surface area contributed by atoms with E-state index in [9.17, 15) is 24.6 Å². The molecule has 2 saturated heterocycles. The maximum atomic E-state index is 13.6. The average Bonchev–Trinajstić information content (AvgIpc) is 3.56. The third-order valence-electron chi connectivity index (χ3n) is 9.47. The Balaban J connectivity index is 1.29. The molecule has 0 bridgehead atoms. The van der Waals surface area contributed by atoms with Crippen molar-refractivity contribution in [2.45, 2.75) is 94.6 Å². The lowest BCUT2D eigenvalue weighted by Gasteiger charge is -2.45. The maximum absolute atomic E-state index is 13.6. The lowest BCUT2D eigenvalue weighted by molar-refractivity contribution is -0.320. The summed E-state index contributed by atoms with van der Waals surface area (Å²) in [7, 11) is 2.68. The van der Waals surface area contributed by atoms with Crippen molar-refractivity contribution in [2.24, 2.45) is 5.92 Å². The van der Waals surface area contributed by atoms with E-state index in [0.717, 1.165) is 22.1 Å². The SMILES string of the molecule is CO[C@H]1O[C@H](CO)[C@@H](OCc2ccccc2)[C@H](OCc2ccccc2)[C@@H]1OCCC[C@@]1(O)O[C@@H]([C@H](OC)C(=O)N2C(=O)OC[C@@H]2C(C)C)C(=O)C=C1Br. The molecule has 9 atom stereocenters. The first-order valence-corrected chi connectivity index (χ1v) is 18.4. The van der Waals surface area contributed by atoms with Gasteiger partial charge >= 0.3 is 6.09 Å². The first-order valence-electron chi connectivity index (χ1n) is 17.6. The summed E-state index contributed by atoms with van der Waals surface area (Å²) in [5, 5.41) is 22.0.